The highest BCUT2D eigenvalue weighted by Gasteiger charge is 2.12. The smallest absolute Gasteiger partial charge is 0.381 e. The number of carboxylic acids is 1. The van der Waals surface area contributed by atoms with Crippen molar-refractivity contribution in [3.05, 3.63) is 46.3 Å². The van der Waals surface area contributed by atoms with Crippen molar-refractivity contribution < 1.29 is 19.2 Å². The molecule has 0 aliphatic carbocycles. The maximum Gasteiger partial charge on any atom is 0.381 e. The van der Waals surface area contributed by atoms with E-state index in [1.54, 1.807) is 0 Å². The Bertz CT molecular complexity index is 520. The molecule has 2 aromatic rings. The third kappa shape index (κ3) is 2.30. The number of furan rings is 1. The van der Waals surface area contributed by atoms with Crippen molar-refractivity contribution in [1.82, 2.24) is 9.55 Å². The van der Waals surface area contributed by atoms with Crippen LogP contribution >= 0.6 is 0 Å². The van der Waals surface area contributed by atoms with Gasteiger partial charge in [-0.3, -0.25) is 0 Å². The molecule has 0 amide bonds. The molecule has 88 valence electrons. The zero-order valence-electron chi connectivity index (χ0n) is 8.44. The second-order valence-electron chi connectivity index (χ2n) is 3.27. The van der Waals surface area contributed by atoms with Crippen LogP contribution in [0.3, 0.4) is 0 Å². The zero-order valence-corrected chi connectivity index (χ0v) is 8.44. The fraction of sp³-hybridized carbons (Fsp3) is 0.111. The normalized spacial score (nSPS) is 10.4. The Hall–Kier alpha value is -2.64. The molecule has 0 fully saturated rings. The number of aromatic carboxylic acids is 1. The second-order valence-corrected chi connectivity index (χ2v) is 3.27. The van der Waals surface area contributed by atoms with E-state index in [1.807, 2.05) is 0 Å². The number of aromatic nitrogens is 2. The van der Waals surface area contributed by atoms with Gasteiger partial charge >= 0.3 is 11.8 Å². The van der Waals surface area contributed by atoms with Crippen molar-refractivity contribution in [3.63, 3.8) is 0 Å². The van der Waals surface area contributed by atoms with Crippen LogP contribution in [0.15, 0.2) is 29.3 Å². The molecule has 0 atom stereocenters. The van der Waals surface area contributed by atoms with Crippen LogP contribution in [0.1, 0.15) is 16.1 Å². The highest BCUT2D eigenvalue weighted by atomic mass is 16.6. The number of imidazole rings is 1. The third-order valence-electron chi connectivity index (χ3n) is 2.05. The lowest BCUT2D eigenvalue weighted by Gasteiger charge is -1.94. The largest absolute Gasteiger partial charge is 0.478 e. The summed E-state index contributed by atoms with van der Waals surface area (Å²) in [5.41, 5.74) is 0.0367. The molecule has 0 spiro atoms. The summed E-state index contributed by atoms with van der Waals surface area (Å²) in [5.74, 6) is -0.971. The van der Waals surface area contributed by atoms with E-state index in [4.69, 9.17) is 9.52 Å². The second kappa shape index (κ2) is 4.08. The molecule has 0 saturated carbocycles. The highest BCUT2D eigenvalue weighted by molar-refractivity contribution is 5.87. The molecular weight excluding hydrogens is 230 g/mol. The van der Waals surface area contributed by atoms with Gasteiger partial charge in [0.1, 0.15) is 18.2 Å². The van der Waals surface area contributed by atoms with Crippen LogP contribution in [0.2, 0.25) is 0 Å². The predicted octanol–water partition coefficient (Wildman–Crippen LogP) is 1.13. The number of hydrogen-bond acceptors (Lipinski definition) is 5. The lowest BCUT2D eigenvalue weighted by molar-refractivity contribution is -0.389. The van der Waals surface area contributed by atoms with Crippen LogP contribution in [-0.4, -0.2) is 25.6 Å². The van der Waals surface area contributed by atoms with E-state index in [2.05, 4.69) is 4.98 Å². The zero-order chi connectivity index (χ0) is 12.4. The van der Waals surface area contributed by atoms with Crippen molar-refractivity contribution in [3.8, 4) is 0 Å². The van der Waals surface area contributed by atoms with Gasteiger partial charge in [-0.15, -0.1) is 0 Å². The van der Waals surface area contributed by atoms with Crippen LogP contribution in [-0.2, 0) is 6.54 Å². The standard InChI is InChI=1S/C9H7N3O5/c13-9(14)6-1-7(17-4-6)2-11-3-8(10-5-11)12(15)16/h1,3-5H,2H2,(H,13,14). The van der Waals surface area contributed by atoms with Crippen LogP contribution in [0.25, 0.3) is 0 Å². The van der Waals surface area contributed by atoms with Crippen molar-refractivity contribution in [1.29, 1.82) is 0 Å². The molecule has 8 nitrogen and oxygen atoms in total. The van der Waals surface area contributed by atoms with E-state index in [-0.39, 0.29) is 17.9 Å². The first-order chi connectivity index (χ1) is 8.06. The Morgan fingerprint density at radius 2 is 2.41 bits per heavy atom. The van der Waals surface area contributed by atoms with Gasteiger partial charge in [0.25, 0.3) is 0 Å². The summed E-state index contributed by atoms with van der Waals surface area (Å²) in [7, 11) is 0. The van der Waals surface area contributed by atoms with Crippen molar-refractivity contribution >= 4 is 11.8 Å². The van der Waals surface area contributed by atoms with Gasteiger partial charge in [-0.05, 0) is 16.0 Å². The first-order valence-electron chi connectivity index (χ1n) is 4.53. The predicted molar refractivity (Wildman–Crippen MR) is 53.7 cm³/mol. The molecule has 0 saturated heterocycles. The molecule has 0 aliphatic rings. The molecule has 17 heavy (non-hydrogen) atoms. The molecule has 0 radical (unpaired) electrons. The first-order valence-corrected chi connectivity index (χ1v) is 4.53. The fourth-order valence-corrected chi connectivity index (χ4v) is 1.28. The van der Waals surface area contributed by atoms with Gasteiger partial charge in [0.05, 0.1) is 12.1 Å². The van der Waals surface area contributed by atoms with Crippen molar-refractivity contribution in [2.24, 2.45) is 0 Å². The lowest BCUT2D eigenvalue weighted by atomic mass is 10.3. The maximum absolute atomic E-state index is 10.6. The minimum atomic E-state index is -1.09. The number of hydrogen-bond donors (Lipinski definition) is 1. The van der Waals surface area contributed by atoms with Gasteiger partial charge in [0.2, 0.25) is 6.33 Å². The van der Waals surface area contributed by atoms with Gasteiger partial charge in [0.15, 0.2) is 0 Å². The number of carboxylic acid groups (broad SMARTS) is 1. The lowest BCUT2D eigenvalue weighted by Crippen LogP contribution is -1.96. The average Bonchev–Trinajstić information content (AvgIpc) is 2.87. The van der Waals surface area contributed by atoms with E-state index < -0.39 is 10.9 Å². The number of nitrogens with zero attached hydrogens (tertiary/aromatic N) is 3. The van der Waals surface area contributed by atoms with E-state index in [1.165, 1.54) is 23.2 Å². The van der Waals surface area contributed by atoms with Crippen LogP contribution in [0.4, 0.5) is 5.82 Å². The van der Waals surface area contributed by atoms with Crippen LogP contribution in [0.5, 0.6) is 0 Å². The van der Waals surface area contributed by atoms with Crippen molar-refractivity contribution in [2.45, 2.75) is 6.54 Å². The van der Waals surface area contributed by atoms with E-state index in [0.717, 1.165) is 6.26 Å². The summed E-state index contributed by atoms with van der Waals surface area (Å²) in [6.07, 6.45) is 3.63. The Morgan fingerprint density at radius 1 is 1.65 bits per heavy atom. The van der Waals surface area contributed by atoms with Crippen LogP contribution in [0, 0.1) is 10.1 Å². The quantitative estimate of drug-likeness (QED) is 0.630. The summed E-state index contributed by atoms with van der Waals surface area (Å²) in [4.78, 5) is 23.9. The Morgan fingerprint density at radius 3 is 2.94 bits per heavy atom. The number of carbonyl (C=O) groups is 1. The highest BCUT2D eigenvalue weighted by Crippen LogP contribution is 2.12. The molecule has 0 unspecified atom stereocenters. The number of nitro groups is 1. The Labute approximate surface area is 94.3 Å². The van der Waals surface area contributed by atoms with Gasteiger partial charge in [-0.25, -0.2) is 4.79 Å². The van der Waals surface area contributed by atoms with Gasteiger partial charge in [0, 0.05) is 0 Å². The van der Waals surface area contributed by atoms with E-state index in [9.17, 15) is 14.9 Å². The monoisotopic (exact) mass is 237 g/mol. The summed E-state index contributed by atoms with van der Waals surface area (Å²) in [5, 5.41) is 19.1. The molecule has 1 N–H and O–H groups in total. The van der Waals surface area contributed by atoms with Gasteiger partial charge in [-0.2, -0.15) is 0 Å². The molecule has 8 heteroatoms. The molecule has 0 aromatic carbocycles. The van der Waals surface area contributed by atoms with Crippen LogP contribution < -0.4 is 0 Å². The minimum absolute atomic E-state index is 0.0367. The van der Waals surface area contributed by atoms with Crippen molar-refractivity contribution in [2.75, 3.05) is 0 Å². The first kappa shape index (κ1) is 10.9. The number of rotatable bonds is 4. The van der Waals surface area contributed by atoms with Gasteiger partial charge in [-0.1, -0.05) is 0 Å². The minimum Gasteiger partial charge on any atom is -0.478 e. The summed E-state index contributed by atoms with van der Waals surface area (Å²) >= 11 is 0. The van der Waals surface area contributed by atoms with E-state index in [0.29, 0.717) is 5.76 Å². The SMILES string of the molecule is O=C(O)c1coc(Cn2cnc([N+](=O)[O-])c2)c1. The third-order valence-corrected chi connectivity index (χ3v) is 2.05. The van der Waals surface area contributed by atoms with E-state index >= 15 is 0 Å². The van der Waals surface area contributed by atoms with Gasteiger partial charge < -0.3 is 24.2 Å². The topological polar surface area (TPSA) is 111 Å². The Kier molecular flexibility index (Phi) is 2.61. The molecule has 0 bridgehead atoms. The summed E-state index contributed by atoms with van der Waals surface area (Å²) in [6, 6.07) is 1.36. The Balaban J connectivity index is 2.13. The molecular formula is C9H7N3O5. The molecule has 0 aliphatic heterocycles. The fourth-order valence-electron chi connectivity index (χ4n) is 1.28. The average molecular weight is 237 g/mol. The summed E-state index contributed by atoms with van der Waals surface area (Å²) < 4.78 is 6.43. The maximum atomic E-state index is 10.6. The molecule has 2 heterocycles. The summed E-state index contributed by atoms with van der Waals surface area (Å²) in [6.45, 7) is 0.189. The molecule has 2 rings (SSSR count). The molecule has 2 aromatic heterocycles.